The quantitative estimate of drug-likeness (QED) is 0.687. The summed E-state index contributed by atoms with van der Waals surface area (Å²) in [6, 6.07) is 0.158. The van der Waals surface area contributed by atoms with Crippen molar-refractivity contribution in [3.05, 3.63) is 0 Å². The molecule has 3 nitrogen and oxygen atoms in total. The average Bonchev–Trinajstić information content (AvgIpc) is 2.15. The summed E-state index contributed by atoms with van der Waals surface area (Å²) in [6.45, 7) is 5.56. The second-order valence-corrected chi connectivity index (χ2v) is 3.93. The van der Waals surface area contributed by atoms with E-state index < -0.39 is 0 Å². The van der Waals surface area contributed by atoms with Crippen molar-refractivity contribution in [2.45, 2.75) is 51.4 Å². The second kappa shape index (κ2) is 5.58. The summed E-state index contributed by atoms with van der Waals surface area (Å²) in [5.41, 5.74) is 0. The Morgan fingerprint density at radius 3 is 2.77 bits per heavy atom. The zero-order valence-corrected chi connectivity index (χ0v) is 8.62. The van der Waals surface area contributed by atoms with Gasteiger partial charge < -0.3 is 15.2 Å². The van der Waals surface area contributed by atoms with Crippen LogP contribution < -0.4 is 5.32 Å². The van der Waals surface area contributed by atoms with E-state index >= 15 is 0 Å². The highest BCUT2D eigenvalue weighted by Gasteiger charge is 2.15. The fraction of sp³-hybridized carbons (Fsp3) is 1.00. The van der Waals surface area contributed by atoms with Gasteiger partial charge >= 0.3 is 0 Å². The largest absolute Gasteiger partial charge is 0.392 e. The van der Waals surface area contributed by atoms with Crippen molar-refractivity contribution in [2.75, 3.05) is 13.2 Å². The third kappa shape index (κ3) is 4.07. The zero-order chi connectivity index (χ0) is 9.68. The van der Waals surface area contributed by atoms with E-state index in [1.54, 1.807) is 6.92 Å². The Bertz CT molecular complexity index is 133. The number of rotatable bonds is 4. The van der Waals surface area contributed by atoms with E-state index in [1.165, 1.54) is 12.8 Å². The lowest BCUT2D eigenvalue weighted by Gasteiger charge is -2.25. The van der Waals surface area contributed by atoms with Gasteiger partial charge in [0, 0.05) is 19.2 Å². The van der Waals surface area contributed by atoms with Crippen LogP contribution in [-0.4, -0.2) is 36.5 Å². The molecule has 3 atom stereocenters. The maximum atomic E-state index is 9.25. The Morgan fingerprint density at radius 1 is 1.46 bits per heavy atom. The molecule has 13 heavy (non-hydrogen) atoms. The highest BCUT2D eigenvalue weighted by atomic mass is 16.5. The third-order valence-electron chi connectivity index (χ3n) is 2.67. The van der Waals surface area contributed by atoms with E-state index in [4.69, 9.17) is 4.74 Å². The summed E-state index contributed by atoms with van der Waals surface area (Å²) in [7, 11) is 0. The molecule has 0 bridgehead atoms. The van der Waals surface area contributed by atoms with Crippen LogP contribution in [0.25, 0.3) is 0 Å². The lowest BCUT2D eigenvalue weighted by Crippen LogP contribution is -2.41. The van der Waals surface area contributed by atoms with Gasteiger partial charge in [-0.15, -0.1) is 0 Å². The number of nitrogens with one attached hydrogen (secondary N) is 1. The molecule has 1 rings (SSSR count). The van der Waals surface area contributed by atoms with E-state index in [-0.39, 0.29) is 12.1 Å². The summed E-state index contributed by atoms with van der Waals surface area (Å²) in [5, 5.41) is 12.5. The van der Waals surface area contributed by atoms with Crippen LogP contribution in [0.3, 0.4) is 0 Å². The van der Waals surface area contributed by atoms with Gasteiger partial charge in [0.25, 0.3) is 0 Å². The van der Waals surface area contributed by atoms with Gasteiger partial charge in [0.05, 0.1) is 12.2 Å². The smallest absolute Gasteiger partial charge is 0.0699 e. The third-order valence-corrected chi connectivity index (χ3v) is 2.67. The van der Waals surface area contributed by atoms with Crippen LogP contribution >= 0.6 is 0 Å². The highest BCUT2D eigenvalue weighted by molar-refractivity contribution is 4.72. The van der Waals surface area contributed by atoms with Crippen LogP contribution in [0, 0.1) is 0 Å². The van der Waals surface area contributed by atoms with E-state index in [1.807, 2.05) is 6.92 Å². The topological polar surface area (TPSA) is 41.5 Å². The van der Waals surface area contributed by atoms with Gasteiger partial charge in [0.15, 0.2) is 0 Å². The molecule has 0 aromatic rings. The average molecular weight is 187 g/mol. The molecule has 0 aromatic heterocycles. The highest BCUT2D eigenvalue weighted by Crippen LogP contribution is 2.11. The molecule has 2 N–H and O–H groups in total. The normalized spacial score (nSPS) is 28.4. The van der Waals surface area contributed by atoms with E-state index in [0.29, 0.717) is 6.10 Å². The van der Waals surface area contributed by atoms with Crippen LogP contribution in [0.5, 0.6) is 0 Å². The number of hydrogen-bond donors (Lipinski definition) is 2. The first-order chi connectivity index (χ1) is 6.20. The maximum Gasteiger partial charge on any atom is 0.0699 e. The molecular weight excluding hydrogens is 166 g/mol. The predicted octanol–water partition coefficient (Wildman–Crippen LogP) is 0.914. The van der Waals surface area contributed by atoms with Crippen molar-refractivity contribution in [2.24, 2.45) is 0 Å². The molecular formula is C10H21NO2. The van der Waals surface area contributed by atoms with E-state index in [9.17, 15) is 5.11 Å². The second-order valence-electron chi connectivity index (χ2n) is 3.93. The molecule has 1 heterocycles. The fourth-order valence-corrected chi connectivity index (χ4v) is 1.46. The minimum Gasteiger partial charge on any atom is -0.392 e. The minimum atomic E-state index is -0.288. The molecule has 0 aromatic carbocycles. The summed E-state index contributed by atoms with van der Waals surface area (Å²) in [4.78, 5) is 0. The molecule has 0 amide bonds. The zero-order valence-electron chi connectivity index (χ0n) is 8.62. The Kier molecular flexibility index (Phi) is 4.70. The Hall–Kier alpha value is -0.120. The predicted molar refractivity (Wildman–Crippen MR) is 52.7 cm³/mol. The number of aliphatic hydroxyl groups is 1. The van der Waals surface area contributed by atoms with Crippen molar-refractivity contribution in [3.8, 4) is 0 Å². The Balaban J connectivity index is 2.10. The molecule has 1 fully saturated rings. The standard InChI is InChI=1S/C10H21NO2/c1-8(9(2)12)11-7-10-5-3-4-6-13-10/h8-12H,3-7H2,1-2H3. The number of hydrogen-bond acceptors (Lipinski definition) is 3. The van der Waals surface area contributed by atoms with Gasteiger partial charge in [-0.25, -0.2) is 0 Å². The van der Waals surface area contributed by atoms with Gasteiger partial charge in [-0.1, -0.05) is 0 Å². The van der Waals surface area contributed by atoms with Crippen LogP contribution in [0.15, 0.2) is 0 Å². The molecule has 3 heteroatoms. The molecule has 1 aliphatic rings. The lowest BCUT2D eigenvalue weighted by atomic mass is 10.1. The first kappa shape index (κ1) is 11.0. The van der Waals surface area contributed by atoms with Gasteiger partial charge in [-0.05, 0) is 33.1 Å². The summed E-state index contributed by atoms with van der Waals surface area (Å²) in [6.07, 6.45) is 3.69. The van der Waals surface area contributed by atoms with Crippen LogP contribution in [0.2, 0.25) is 0 Å². The van der Waals surface area contributed by atoms with Crippen LogP contribution in [0.1, 0.15) is 33.1 Å². The molecule has 3 unspecified atom stereocenters. The molecule has 0 spiro atoms. The summed E-state index contributed by atoms with van der Waals surface area (Å²) >= 11 is 0. The van der Waals surface area contributed by atoms with Gasteiger partial charge in [0.2, 0.25) is 0 Å². The molecule has 0 radical (unpaired) electrons. The minimum absolute atomic E-state index is 0.158. The Morgan fingerprint density at radius 2 is 2.23 bits per heavy atom. The summed E-state index contributed by atoms with van der Waals surface area (Å²) < 4.78 is 5.56. The molecule has 1 saturated heterocycles. The Labute approximate surface area is 80.5 Å². The van der Waals surface area contributed by atoms with Crippen LogP contribution in [-0.2, 0) is 4.74 Å². The lowest BCUT2D eigenvalue weighted by molar-refractivity contribution is 0.0126. The first-order valence-electron chi connectivity index (χ1n) is 5.23. The van der Waals surface area contributed by atoms with E-state index in [2.05, 4.69) is 5.32 Å². The SMILES string of the molecule is CC(O)C(C)NCC1CCCCO1. The molecule has 0 aliphatic carbocycles. The number of aliphatic hydroxyl groups excluding tert-OH is 1. The first-order valence-corrected chi connectivity index (χ1v) is 5.23. The fourth-order valence-electron chi connectivity index (χ4n) is 1.46. The molecule has 78 valence electrons. The maximum absolute atomic E-state index is 9.25. The van der Waals surface area contributed by atoms with Gasteiger partial charge in [-0.2, -0.15) is 0 Å². The van der Waals surface area contributed by atoms with Crippen molar-refractivity contribution >= 4 is 0 Å². The number of ether oxygens (including phenoxy) is 1. The molecule has 1 aliphatic heterocycles. The van der Waals surface area contributed by atoms with Crippen molar-refractivity contribution < 1.29 is 9.84 Å². The summed E-state index contributed by atoms with van der Waals surface area (Å²) in [5.74, 6) is 0. The van der Waals surface area contributed by atoms with Crippen molar-refractivity contribution in [1.29, 1.82) is 0 Å². The van der Waals surface area contributed by atoms with Crippen molar-refractivity contribution in [1.82, 2.24) is 5.32 Å². The van der Waals surface area contributed by atoms with Crippen molar-refractivity contribution in [3.63, 3.8) is 0 Å². The molecule has 0 saturated carbocycles. The van der Waals surface area contributed by atoms with E-state index in [0.717, 1.165) is 19.6 Å². The van der Waals surface area contributed by atoms with Gasteiger partial charge in [-0.3, -0.25) is 0 Å². The monoisotopic (exact) mass is 187 g/mol. The van der Waals surface area contributed by atoms with Gasteiger partial charge in [0.1, 0.15) is 0 Å². The van der Waals surface area contributed by atoms with Crippen LogP contribution in [0.4, 0.5) is 0 Å².